The summed E-state index contributed by atoms with van der Waals surface area (Å²) in [6, 6.07) is 3.50. The first kappa shape index (κ1) is 12.8. The second-order valence-corrected chi connectivity index (χ2v) is 4.62. The Morgan fingerprint density at radius 2 is 2.13 bits per heavy atom. The largest absolute Gasteiger partial charge is 0.495 e. The van der Waals surface area contributed by atoms with E-state index in [1.54, 1.807) is 19.2 Å². The molecular weight excluding hydrogens is 349 g/mol. The van der Waals surface area contributed by atoms with Crippen LogP contribution in [-0.2, 0) is 4.79 Å². The van der Waals surface area contributed by atoms with E-state index in [1.807, 2.05) is 0 Å². The molecule has 3 nitrogen and oxygen atoms in total. The number of ether oxygens (including phenoxy) is 1. The van der Waals surface area contributed by atoms with Gasteiger partial charge in [-0.05, 0) is 37.9 Å². The Morgan fingerprint density at radius 1 is 1.47 bits per heavy atom. The van der Waals surface area contributed by atoms with Crippen LogP contribution in [-0.4, -0.2) is 18.9 Å². The SMILES string of the molecule is COc1cc(NC(=O)CCl)c(Br)cc1Br. The van der Waals surface area contributed by atoms with Gasteiger partial charge in [0, 0.05) is 10.5 Å². The molecule has 1 aromatic carbocycles. The summed E-state index contributed by atoms with van der Waals surface area (Å²) in [5.74, 6) is 0.301. The Labute approximate surface area is 109 Å². The van der Waals surface area contributed by atoms with Crippen LogP contribution in [0.4, 0.5) is 5.69 Å². The van der Waals surface area contributed by atoms with Gasteiger partial charge in [0.15, 0.2) is 0 Å². The minimum Gasteiger partial charge on any atom is -0.495 e. The summed E-state index contributed by atoms with van der Waals surface area (Å²) in [5, 5.41) is 2.64. The maximum absolute atomic E-state index is 11.1. The summed E-state index contributed by atoms with van der Waals surface area (Å²) < 4.78 is 6.67. The van der Waals surface area contributed by atoms with E-state index < -0.39 is 0 Å². The predicted octanol–water partition coefficient (Wildman–Crippen LogP) is 3.40. The normalized spacial score (nSPS) is 9.87. The van der Waals surface area contributed by atoms with Gasteiger partial charge >= 0.3 is 0 Å². The van der Waals surface area contributed by atoms with Crippen molar-refractivity contribution in [2.45, 2.75) is 0 Å². The van der Waals surface area contributed by atoms with Crippen molar-refractivity contribution in [1.29, 1.82) is 0 Å². The van der Waals surface area contributed by atoms with Gasteiger partial charge in [-0.15, -0.1) is 11.6 Å². The van der Waals surface area contributed by atoms with E-state index in [4.69, 9.17) is 16.3 Å². The van der Waals surface area contributed by atoms with Crippen LogP contribution in [0.1, 0.15) is 0 Å². The lowest BCUT2D eigenvalue weighted by Gasteiger charge is -2.09. The minimum atomic E-state index is -0.262. The van der Waals surface area contributed by atoms with Gasteiger partial charge in [0.2, 0.25) is 5.91 Å². The predicted molar refractivity (Wildman–Crippen MR) is 67.7 cm³/mol. The molecule has 0 unspecified atom stereocenters. The van der Waals surface area contributed by atoms with E-state index in [9.17, 15) is 4.79 Å². The summed E-state index contributed by atoms with van der Waals surface area (Å²) in [6.07, 6.45) is 0. The van der Waals surface area contributed by atoms with Crippen molar-refractivity contribution in [3.63, 3.8) is 0 Å². The maximum Gasteiger partial charge on any atom is 0.239 e. The zero-order valence-electron chi connectivity index (χ0n) is 7.81. The quantitative estimate of drug-likeness (QED) is 0.842. The van der Waals surface area contributed by atoms with Gasteiger partial charge in [0.05, 0.1) is 17.3 Å². The van der Waals surface area contributed by atoms with Gasteiger partial charge in [-0.25, -0.2) is 0 Å². The van der Waals surface area contributed by atoms with E-state index in [-0.39, 0.29) is 11.8 Å². The van der Waals surface area contributed by atoms with Crippen molar-refractivity contribution in [2.24, 2.45) is 0 Å². The van der Waals surface area contributed by atoms with E-state index in [1.165, 1.54) is 0 Å². The van der Waals surface area contributed by atoms with Crippen LogP contribution in [0.3, 0.4) is 0 Å². The zero-order chi connectivity index (χ0) is 11.4. The molecule has 6 heteroatoms. The molecule has 0 aliphatic heterocycles. The van der Waals surface area contributed by atoms with E-state index >= 15 is 0 Å². The first-order valence-corrected chi connectivity index (χ1v) is 6.09. The summed E-state index contributed by atoms with van der Waals surface area (Å²) >= 11 is 12.0. The number of rotatable bonds is 3. The lowest BCUT2D eigenvalue weighted by Crippen LogP contribution is -2.13. The molecule has 0 aliphatic rings. The summed E-state index contributed by atoms with van der Waals surface area (Å²) in [7, 11) is 1.56. The van der Waals surface area contributed by atoms with Crippen molar-refractivity contribution >= 4 is 55.1 Å². The second kappa shape index (κ2) is 5.72. The summed E-state index contributed by atoms with van der Waals surface area (Å²) in [6.45, 7) is 0. The van der Waals surface area contributed by atoms with E-state index in [0.717, 1.165) is 8.95 Å². The van der Waals surface area contributed by atoms with Crippen LogP contribution < -0.4 is 10.1 Å². The number of hydrogen-bond acceptors (Lipinski definition) is 2. The first-order valence-electron chi connectivity index (χ1n) is 3.97. The van der Waals surface area contributed by atoms with Crippen molar-refractivity contribution in [3.8, 4) is 5.75 Å². The molecule has 0 radical (unpaired) electrons. The fraction of sp³-hybridized carbons (Fsp3) is 0.222. The molecule has 0 aliphatic carbocycles. The van der Waals surface area contributed by atoms with Gasteiger partial charge in [-0.3, -0.25) is 4.79 Å². The standard InChI is InChI=1S/C9H8Br2ClNO2/c1-15-8-3-7(13-9(14)4-12)5(10)2-6(8)11/h2-3H,4H2,1H3,(H,13,14). The number of carbonyl (C=O) groups excluding carboxylic acids is 1. The fourth-order valence-corrected chi connectivity index (χ4v) is 2.29. The molecule has 1 amide bonds. The molecule has 1 N–H and O–H groups in total. The third-order valence-electron chi connectivity index (χ3n) is 1.64. The lowest BCUT2D eigenvalue weighted by molar-refractivity contribution is -0.113. The molecule has 0 bridgehead atoms. The summed E-state index contributed by atoms with van der Waals surface area (Å²) in [4.78, 5) is 11.1. The Bertz CT molecular complexity index is 385. The molecule has 0 spiro atoms. The fourth-order valence-electron chi connectivity index (χ4n) is 0.965. The highest BCUT2D eigenvalue weighted by atomic mass is 79.9. The summed E-state index contributed by atoms with van der Waals surface area (Å²) in [5.41, 5.74) is 0.626. The van der Waals surface area contributed by atoms with Crippen molar-refractivity contribution in [2.75, 3.05) is 18.3 Å². The number of halogens is 3. The van der Waals surface area contributed by atoms with Gasteiger partial charge < -0.3 is 10.1 Å². The smallest absolute Gasteiger partial charge is 0.239 e. The lowest BCUT2D eigenvalue weighted by atomic mass is 10.3. The number of alkyl halides is 1. The number of benzene rings is 1. The van der Waals surface area contributed by atoms with Gasteiger partial charge in [0.25, 0.3) is 0 Å². The van der Waals surface area contributed by atoms with Crippen LogP contribution in [0.25, 0.3) is 0 Å². The number of methoxy groups -OCH3 is 1. The van der Waals surface area contributed by atoms with Crippen molar-refractivity contribution in [1.82, 2.24) is 0 Å². The van der Waals surface area contributed by atoms with Gasteiger partial charge in [0.1, 0.15) is 11.6 Å². The molecule has 0 atom stereocenters. The zero-order valence-corrected chi connectivity index (χ0v) is 11.7. The number of anilines is 1. The van der Waals surface area contributed by atoms with Crippen molar-refractivity contribution < 1.29 is 9.53 Å². The van der Waals surface area contributed by atoms with Crippen LogP contribution >= 0.6 is 43.5 Å². The van der Waals surface area contributed by atoms with Crippen molar-refractivity contribution in [3.05, 3.63) is 21.1 Å². The second-order valence-electron chi connectivity index (χ2n) is 2.65. The average molecular weight is 357 g/mol. The molecule has 82 valence electrons. The minimum absolute atomic E-state index is 0.0786. The molecule has 1 rings (SSSR count). The third kappa shape index (κ3) is 3.36. The molecular formula is C9H8Br2ClNO2. The molecule has 1 aromatic rings. The molecule has 0 fully saturated rings. The number of hydrogen-bond donors (Lipinski definition) is 1. The Hall–Kier alpha value is -0.260. The van der Waals surface area contributed by atoms with Crippen LogP contribution in [0.5, 0.6) is 5.75 Å². The molecule has 0 saturated heterocycles. The number of carbonyl (C=O) groups is 1. The first-order chi connectivity index (χ1) is 7.08. The highest BCUT2D eigenvalue weighted by molar-refractivity contribution is 9.11. The molecule has 0 heterocycles. The number of amides is 1. The maximum atomic E-state index is 11.1. The molecule has 0 aromatic heterocycles. The van der Waals surface area contributed by atoms with Crippen LogP contribution in [0, 0.1) is 0 Å². The monoisotopic (exact) mass is 355 g/mol. The topological polar surface area (TPSA) is 38.3 Å². The number of nitrogens with one attached hydrogen (secondary N) is 1. The highest BCUT2D eigenvalue weighted by Gasteiger charge is 2.09. The van der Waals surface area contributed by atoms with Crippen LogP contribution in [0.2, 0.25) is 0 Å². The van der Waals surface area contributed by atoms with Gasteiger partial charge in [-0.1, -0.05) is 0 Å². The van der Waals surface area contributed by atoms with Gasteiger partial charge in [-0.2, -0.15) is 0 Å². The highest BCUT2D eigenvalue weighted by Crippen LogP contribution is 2.34. The average Bonchev–Trinajstić information content (AvgIpc) is 2.21. The molecule has 0 saturated carbocycles. The van der Waals surface area contributed by atoms with Crippen LogP contribution in [0.15, 0.2) is 21.1 Å². The Morgan fingerprint density at radius 3 is 2.67 bits per heavy atom. The Balaban J connectivity index is 3.02. The third-order valence-corrected chi connectivity index (χ3v) is 3.16. The van der Waals surface area contributed by atoms with E-state index in [0.29, 0.717) is 11.4 Å². The van der Waals surface area contributed by atoms with E-state index in [2.05, 4.69) is 37.2 Å². The molecule has 15 heavy (non-hydrogen) atoms. The Kier molecular flexibility index (Phi) is 4.89.